The molecule has 0 saturated carbocycles. The molecule has 4 nitrogen and oxygen atoms in total. The predicted molar refractivity (Wildman–Crippen MR) is 59.4 cm³/mol. The first-order chi connectivity index (χ1) is 7.28. The number of aromatic nitrogens is 2. The predicted octanol–water partition coefficient (Wildman–Crippen LogP) is 1.76. The second-order valence-corrected chi connectivity index (χ2v) is 4.26. The van der Waals surface area contributed by atoms with Crippen molar-refractivity contribution in [3.8, 4) is 0 Å². The number of nitrogens with zero attached hydrogens (tertiary/aromatic N) is 2. The van der Waals surface area contributed by atoms with Gasteiger partial charge in [0.15, 0.2) is 0 Å². The molecule has 0 fully saturated rings. The molecule has 2 heterocycles. The van der Waals surface area contributed by atoms with Crippen LogP contribution in [0.3, 0.4) is 0 Å². The van der Waals surface area contributed by atoms with E-state index in [2.05, 4.69) is 5.10 Å². The average Bonchev–Trinajstić information content (AvgIpc) is 2.83. The molecule has 0 aliphatic carbocycles. The molecule has 0 bridgehead atoms. The Morgan fingerprint density at radius 2 is 2.27 bits per heavy atom. The third-order valence-corrected chi connectivity index (χ3v) is 2.95. The van der Waals surface area contributed by atoms with Gasteiger partial charge in [0.2, 0.25) is 0 Å². The number of aryl methyl sites for hydroxylation is 1. The lowest BCUT2D eigenvalue weighted by Crippen LogP contribution is -1.92. The Bertz CT molecular complexity index is 435. The molecule has 0 amide bonds. The molecule has 0 radical (unpaired) electrons. The monoisotopic (exact) mass is 223 g/mol. The number of nitrogens with two attached hydrogens (primary N) is 1. The number of furan rings is 1. The first-order valence-corrected chi connectivity index (χ1v) is 5.65. The second-order valence-electron chi connectivity index (χ2n) is 3.21. The van der Waals surface area contributed by atoms with Crippen LogP contribution in [0.2, 0.25) is 0 Å². The normalized spacial score (nSPS) is 10.8. The van der Waals surface area contributed by atoms with Crippen LogP contribution in [0.15, 0.2) is 33.8 Å². The number of rotatable bonds is 4. The molecule has 2 N–H and O–H groups in total. The molecule has 0 aliphatic rings. The summed E-state index contributed by atoms with van der Waals surface area (Å²) in [7, 11) is 1.91. The lowest BCUT2D eigenvalue weighted by molar-refractivity contribution is 0.482. The minimum atomic E-state index is 0.456. The summed E-state index contributed by atoms with van der Waals surface area (Å²) in [4.78, 5) is 1.14. The van der Waals surface area contributed by atoms with Crippen molar-refractivity contribution in [2.45, 2.75) is 17.2 Å². The quantitative estimate of drug-likeness (QED) is 0.802. The zero-order valence-corrected chi connectivity index (χ0v) is 9.33. The molecule has 5 heteroatoms. The molecule has 0 spiro atoms. The highest BCUT2D eigenvalue weighted by Crippen LogP contribution is 2.22. The van der Waals surface area contributed by atoms with E-state index in [1.54, 1.807) is 16.4 Å². The topological polar surface area (TPSA) is 57.0 Å². The number of hydrogen-bond donors (Lipinski definition) is 1. The molecular formula is C10H13N3OS. The fourth-order valence-corrected chi connectivity index (χ4v) is 2.05. The minimum Gasteiger partial charge on any atom is -0.464 e. The molecule has 2 rings (SSSR count). The van der Waals surface area contributed by atoms with Crippen molar-refractivity contribution in [3.05, 3.63) is 36.0 Å². The fourth-order valence-electron chi connectivity index (χ4n) is 1.24. The number of hydrogen-bond acceptors (Lipinski definition) is 4. The molecule has 80 valence electrons. The van der Waals surface area contributed by atoms with Crippen LogP contribution in [0.25, 0.3) is 0 Å². The maximum atomic E-state index is 5.49. The van der Waals surface area contributed by atoms with Gasteiger partial charge in [-0.25, -0.2) is 0 Å². The summed E-state index contributed by atoms with van der Waals surface area (Å²) in [6.07, 6.45) is 3.83. The molecule has 0 saturated heterocycles. The van der Waals surface area contributed by atoms with Gasteiger partial charge in [0.1, 0.15) is 11.5 Å². The summed E-state index contributed by atoms with van der Waals surface area (Å²) in [5.74, 6) is 2.59. The molecule has 0 atom stereocenters. The third-order valence-electron chi connectivity index (χ3n) is 1.98. The van der Waals surface area contributed by atoms with E-state index in [1.165, 1.54) is 0 Å². The van der Waals surface area contributed by atoms with Crippen molar-refractivity contribution in [3.63, 3.8) is 0 Å². The Labute approximate surface area is 92.4 Å². The van der Waals surface area contributed by atoms with Gasteiger partial charge in [-0.2, -0.15) is 5.10 Å². The van der Waals surface area contributed by atoms with Crippen LogP contribution in [-0.2, 0) is 19.3 Å². The largest absolute Gasteiger partial charge is 0.464 e. The summed E-state index contributed by atoms with van der Waals surface area (Å²) in [6, 6.07) is 3.88. The molecule has 2 aromatic rings. The van der Waals surface area contributed by atoms with Crippen molar-refractivity contribution in [1.29, 1.82) is 0 Å². The van der Waals surface area contributed by atoms with E-state index >= 15 is 0 Å². The van der Waals surface area contributed by atoms with Crippen LogP contribution in [0.4, 0.5) is 0 Å². The van der Waals surface area contributed by atoms with Crippen molar-refractivity contribution >= 4 is 11.8 Å². The van der Waals surface area contributed by atoms with Gasteiger partial charge < -0.3 is 10.2 Å². The van der Waals surface area contributed by atoms with Gasteiger partial charge in [0, 0.05) is 18.1 Å². The Morgan fingerprint density at radius 3 is 2.87 bits per heavy atom. The molecule has 15 heavy (non-hydrogen) atoms. The van der Waals surface area contributed by atoms with Crippen molar-refractivity contribution in [1.82, 2.24) is 9.78 Å². The van der Waals surface area contributed by atoms with Crippen LogP contribution in [0, 0.1) is 0 Å². The van der Waals surface area contributed by atoms with E-state index in [0.717, 1.165) is 22.2 Å². The maximum absolute atomic E-state index is 5.49. The summed E-state index contributed by atoms with van der Waals surface area (Å²) in [5.41, 5.74) is 5.46. The molecular weight excluding hydrogens is 210 g/mol. The van der Waals surface area contributed by atoms with E-state index in [1.807, 2.05) is 31.6 Å². The molecule has 0 aliphatic heterocycles. The Morgan fingerprint density at radius 1 is 1.47 bits per heavy atom. The Hall–Kier alpha value is -1.20. The van der Waals surface area contributed by atoms with E-state index < -0.39 is 0 Å². The van der Waals surface area contributed by atoms with Crippen LogP contribution in [0.1, 0.15) is 11.5 Å². The average molecular weight is 223 g/mol. The maximum Gasteiger partial charge on any atom is 0.117 e. The van der Waals surface area contributed by atoms with Crippen molar-refractivity contribution in [2.75, 3.05) is 0 Å². The fraction of sp³-hybridized carbons (Fsp3) is 0.300. The Kier molecular flexibility index (Phi) is 3.13. The van der Waals surface area contributed by atoms with Crippen LogP contribution >= 0.6 is 11.8 Å². The third kappa shape index (κ3) is 2.64. The van der Waals surface area contributed by atoms with Gasteiger partial charge in [-0.3, -0.25) is 4.68 Å². The van der Waals surface area contributed by atoms with Crippen LogP contribution < -0.4 is 5.73 Å². The summed E-state index contributed by atoms with van der Waals surface area (Å²) in [5, 5.41) is 4.10. The SMILES string of the molecule is Cn1cc(SCc2ccc(CN)o2)cn1. The highest BCUT2D eigenvalue weighted by Gasteiger charge is 2.02. The van der Waals surface area contributed by atoms with E-state index in [4.69, 9.17) is 10.2 Å². The lowest BCUT2D eigenvalue weighted by Gasteiger charge is -1.94. The van der Waals surface area contributed by atoms with E-state index in [0.29, 0.717) is 6.54 Å². The van der Waals surface area contributed by atoms with Gasteiger partial charge >= 0.3 is 0 Å². The van der Waals surface area contributed by atoms with Crippen molar-refractivity contribution in [2.24, 2.45) is 12.8 Å². The lowest BCUT2D eigenvalue weighted by atomic mass is 10.4. The minimum absolute atomic E-state index is 0.456. The molecule has 0 unspecified atom stereocenters. The van der Waals surface area contributed by atoms with Gasteiger partial charge in [-0.15, -0.1) is 11.8 Å². The smallest absolute Gasteiger partial charge is 0.117 e. The highest BCUT2D eigenvalue weighted by atomic mass is 32.2. The van der Waals surface area contributed by atoms with Gasteiger partial charge in [0.25, 0.3) is 0 Å². The zero-order valence-electron chi connectivity index (χ0n) is 8.51. The molecule has 2 aromatic heterocycles. The van der Waals surface area contributed by atoms with Crippen molar-refractivity contribution < 1.29 is 4.42 Å². The molecule has 0 aromatic carbocycles. The standard InChI is InChI=1S/C10H13N3OS/c1-13-6-10(5-12-13)15-7-9-3-2-8(4-11)14-9/h2-3,5-6H,4,7,11H2,1H3. The van der Waals surface area contributed by atoms with Gasteiger partial charge in [-0.1, -0.05) is 0 Å². The second kappa shape index (κ2) is 4.55. The van der Waals surface area contributed by atoms with E-state index in [-0.39, 0.29) is 0 Å². The summed E-state index contributed by atoms with van der Waals surface area (Å²) in [6.45, 7) is 0.456. The summed E-state index contributed by atoms with van der Waals surface area (Å²) >= 11 is 1.70. The first kappa shape index (κ1) is 10.3. The van der Waals surface area contributed by atoms with Gasteiger partial charge in [0.05, 0.1) is 18.5 Å². The summed E-state index contributed by atoms with van der Waals surface area (Å²) < 4.78 is 7.28. The zero-order chi connectivity index (χ0) is 10.7. The van der Waals surface area contributed by atoms with Crippen LogP contribution in [0.5, 0.6) is 0 Å². The van der Waals surface area contributed by atoms with E-state index in [9.17, 15) is 0 Å². The first-order valence-electron chi connectivity index (χ1n) is 4.67. The van der Waals surface area contributed by atoms with Gasteiger partial charge in [-0.05, 0) is 12.1 Å². The highest BCUT2D eigenvalue weighted by molar-refractivity contribution is 7.98. The Balaban J connectivity index is 1.93. The number of thioether (sulfide) groups is 1. The van der Waals surface area contributed by atoms with Crippen LogP contribution in [-0.4, -0.2) is 9.78 Å².